The van der Waals surface area contributed by atoms with E-state index in [0.717, 1.165) is 141 Å². The molecule has 0 aromatic rings. The average molecular weight is 1090 g/mol. The number of carbonyl (C=O) groups excluding carboxylic acids is 3. The van der Waals surface area contributed by atoms with E-state index in [0.29, 0.717) is 19.3 Å². The summed E-state index contributed by atoms with van der Waals surface area (Å²) in [6.07, 6.45) is 96.5. The van der Waals surface area contributed by atoms with Crippen molar-refractivity contribution in [2.75, 3.05) is 13.2 Å². The van der Waals surface area contributed by atoms with Crippen LogP contribution in [0.5, 0.6) is 0 Å². The lowest BCUT2D eigenvalue weighted by atomic mass is 10.1. The predicted octanol–water partition coefficient (Wildman–Crippen LogP) is 21.9. The molecule has 0 saturated carbocycles. The summed E-state index contributed by atoms with van der Waals surface area (Å²) in [7, 11) is 0. The molecule has 0 bridgehead atoms. The van der Waals surface area contributed by atoms with E-state index in [1.165, 1.54) is 64.2 Å². The summed E-state index contributed by atoms with van der Waals surface area (Å²) in [5.41, 5.74) is 0. The van der Waals surface area contributed by atoms with Crippen molar-refractivity contribution in [3.05, 3.63) is 170 Å². The topological polar surface area (TPSA) is 78.9 Å². The van der Waals surface area contributed by atoms with Crippen molar-refractivity contribution in [1.29, 1.82) is 0 Å². The lowest BCUT2D eigenvalue weighted by Crippen LogP contribution is -2.30. The molecular weight excluding hydrogens is 973 g/mol. The summed E-state index contributed by atoms with van der Waals surface area (Å²) in [4.78, 5) is 38.3. The van der Waals surface area contributed by atoms with Gasteiger partial charge in [-0.2, -0.15) is 0 Å². The van der Waals surface area contributed by atoms with Crippen molar-refractivity contribution in [3.63, 3.8) is 0 Å². The SMILES string of the molecule is CC/C=C\C/C=C\C/C=C\C/C=C\C/C=C\C/C=C\CCCCCCCCCCC(=O)OCC(COC(=O)CC/C=C\C/C=C\C/C=C\C/C=C\CC)OC(=O)CCCCCCCCCC/C=C\C/C=C\C/C=C\C/C=C\CC. The molecule has 0 rings (SSSR count). The monoisotopic (exact) mass is 1090 g/mol. The summed E-state index contributed by atoms with van der Waals surface area (Å²) in [5, 5.41) is 0. The second kappa shape index (κ2) is 65.3. The zero-order valence-corrected chi connectivity index (χ0v) is 50.6. The summed E-state index contributed by atoms with van der Waals surface area (Å²) in [6, 6.07) is 0. The van der Waals surface area contributed by atoms with Crippen LogP contribution in [0.1, 0.15) is 252 Å². The molecule has 1 unspecified atom stereocenters. The fourth-order valence-corrected chi connectivity index (χ4v) is 8.10. The van der Waals surface area contributed by atoms with Crippen LogP contribution >= 0.6 is 0 Å². The number of rotatable bonds is 55. The van der Waals surface area contributed by atoms with Crippen LogP contribution in [0.4, 0.5) is 0 Å². The standard InChI is InChI=1S/C73H114O6/c1-4-7-10-13-16-19-22-25-27-29-31-33-34-35-36-37-38-40-41-43-45-48-51-54-57-60-63-66-72(75)78-69-70(68-77-71(74)65-62-59-56-53-50-47-24-21-18-15-12-9-6-3)79-73(76)67-64-61-58-55-52-49-46-44-42-39-32-30-28-26-23-20-17-14-11-8-5-2/h7-12,16-21,25-28,31-33,35-36,38-40,47,50,56,59,70H,4-6,13-15,22-24,29-30,34,37,41-46,48-49,51-55,57-58,60-69H2,1-3H3/b10-7-,11-8-,12-9-,19-16-,20-17-,21-18-,27-25-,28-26-,33-31-,36-35-,39-32-,40-38-,50-47-,59-56-. The number of esters is 3. The molecule has 0 aliphatic carbocycles. The van der Waals surface area contributed by atoms with Gasteiger partial charge in [0, 0.05) is 19.3 Å². The summed E-state index contributed by atoms with van der Waals surface area (Å²) < 4.78 is 16.8. The van der Waals surface area contributed by atoms with Crippen molar-refractivity contribution in [2.24, 2.45) is 0 Å². The van der Waals surface area contributed by atoms with Gasteiger partial charge in [0.1, 0.15) is 13.2 Å². The molecule has 79 heavy (non-hydrogen) atoms. The number of allylic oxidation sites excluding steroid dienone is 28. The minimum absolute atomic E-state index is 0.116. The van der Waals surface area contributed by atoms with Crippen LogP contribution in [0, 0.1) is 0 Å². The summed E-state index contributed by atoms with van der Waals surface area (Å²) in [6.45, 7) is 6.21. The number of hydrogen-bond acceptors (Lipinski definition) is 6. The van der Waals surface area contributed by atoms with Crippen LogP contribution in [0.3, 0.4) is 0 Å². The average Bonchev–Trinajstić information content (AvgIpc) is 3.45. The lowest BCUT2D eigenvalue weighted by Gasteiger charge is -2.18. The second-order valence-corrected chi connectivity index (χ2v) is 20.2. The molecule has 0 spiro atoms. The highest BCUT2D eigenvalue weighted by molar-refractivity contribution is 5.71. The molecule has 0 aromatic carbocycles. The molecule has 1 atom stereocenters. The maximum absolute atomic E-state index is 12.9. The van der Waals surface area contributed by atoms with Gasteiger partial charge in [-0.05, 0) is 135 Å². The Balaban J connectivity index is 4.43. The number of unbranched alkanes of at least 4 members (excludes halogenated alkanes) is 16. The zero-order valence-electron chi connectivity index (χ0n) is 50.6. The van der Waals surface area contributed by atoms with E-state index in [1.807, 2.05) is 12.2 Å². The van der Waals surface area contributed by atoms with Crippen molar-refractivity contribution in [2.45, 2.75) is 258 Å². The highest BCUT2D eigenvalue weighted by Crippen LogP contribution is 2.14. The molecule has 0 N–H and O–H groups in total. The first kappa shape index (κ1) is 73.8. The fraction of sp³-hybridized carbons (Fsp3) is 0.575. The van der Waals surface area contributed by atoms with Crippen molar-refractivity contribution >= 4 is 17.9 Å². The quantitative estimate of drug-likeness (QED) is 0.0261. The van der Waals surface area contributed by atoms with E-state index in [1.54, 1.807) is 0 Å². The van der Waals surface area contributed by atoms with Crippen molar-refractivity contribution in [3.8, 4) is 0 Å². The van der Waals surface area contributed by atoms with Gasteiger partial charge in [-0.15, -0.1) is 0 Å². The molecule has 0 amide bonds. The second-order valence-electron chi connectivity index (χ2n) is 20.2. The van der Waals surface area contributed by atoms with E-state index in [9.17, 15) is 14.4 Å². The molecule has 0 fully saturated rings. The van der Waals surface area contributed by atoms with Gasteiger partial charge in [-0.1, -0.05) is 268 Å². The number of carbonyl (C=O) groups is 3. The van der Waals surface area contributed by atoms with E-state index < -0.39 is 6.10 Å². The van der Waals surface area contributed by atoms with Gasteiger partial charge >= 0.3 is 17.9 Å². The molecule has 0 aliphatic rings. The first-order valence-electron chi connectivity index (χ1n) is 31.6. The highest BCUT2D eigenvalue weighted by atomic mass is 16.6. The number of hydrogen-bond donors (Lipinski definition) is 0. The van der Waals surface area contributed by atoms with Crippen molar-refractivity contribution in [1.82, 2.24) is 0 Å². The molecule has 0 radical (unpaired) electrons. The first-order chi connectivity index (χ1) is 39.0. The molecule has 6 nitrogen and oxygen atoms in total. The Morgan fingerprint density at radius 1 is 0.253 bits per heavy atom. The van der Waals surface area contributed by atoms with Gasteiger partial charge in [-0.25, -0.2) is 0 Å². The largest absolute Gasteiger partial charge is 0.462 e. The number of ether oxygens (including phenoxy) is 3. The van der Waals surface area contributed by atoms with Crippen LogP contribution < -0.4 is 0 Å². The molecular formula is C73H114O6. The van der Waals surface area contributed by atoms with Crippen LogP contribution in [-0.2, 0) is 28.6 Å². The Morgan fingerprint density at radius 2 is 0.481 bits per heavy atom. The third kappa shape index (κ3) is 63.5. The third-order valence-corrected chi connectivity index (χ3v) is 12.7. The first-order valence-corrected chi connectivity index (χ1v) is 31.6. The zero-order chi connectivity index (χ0) is 57.1. The van der Waals surface area contributed by atoms with Crippen LogP contribution in [-0.4, -0.2) is 37.2 Å². The maximum Gasteiger partial charge on any atom is 0.306 e. The third-order valence-electron chi connectivity index (χ3n) is 12.7. The Kier molecular flexibility index (Phi) is 61.0. The molecule has 0 heterocycles. The summed E-state index contributed by atoms with van der Waals surface area (Å²) in [5.74, 6) is -1.02. The van der Waals surface area contributed by atoms with Gasteiger partial charge in [0.2, 0.25) is 0 Å². The minimum atomic E-state index is -0.825. The van der Waals surface area contributed by atoms with Gasteiger partial charge in [-0.3, -0.25) is 14.4 Å². The van der Waals surface area contributed by atoms with Crippen LogP contribution in [0.25, 0.3) is 0 Å². The summed E-state index contributed by atoms with van der Waals surface area (Å²) >= 11 is 0. The highest BCUT2D eigenvalue weighted by Gasteiger charge is 2.19. The Labute approximate surface area is 485 Å². The normalized spacial score (nSPS) is 13.3. The van der Waals surface area contributed by atoms with Crippen molar-refractivity contribution < 1.29 is 28.6 Å². The Morgan fingerprint density at radius 3 is 0.785 bits per heavy atom. The van der Waals surface area contributed by atoms with E-state index >= 15 is 0 Å². The fourth-order valence-electron chi connectivity index (χ4n) is 8.10. The Hall–Kier alpha value is -5.23. The maximum atomic E-state index is 12.9. The molecule has 0 aliphatic heterocycles. The molecule has 442 valence electrons. The predicted molar refractivity (Wildman–Crippen MR) is 343 cm³/mol. The van der Waals surface area contributed by atoms with E-state index in [-0.39, 0.29) is 37.5 Å². The van der Waals surface area contributed by atoms with Crippen LogP contribution in [0.15, 0.2) is 170 Å². The minimum Gasteiger partial charge on any atom is -0.462 e. The van der Waals surface area contributed by atoms with Gasteiger partial charge in [0.05, 0.1) is 0 Å². The van der Waals surface area contributed by atoms with Gasteiger partial charge in [0.25, 0.3) is 0 Å². The van der Waals surface area contributed by atoms with Gasteiger partial charge in [0.15, 0.2) is 6.10 Å². The molecule has 0 aromatic heterocycles. The Bertz CT molecular complexity index is 1820. The van der Waals surface area contributed by atoms with E-state index in [2.05, 4.69) is 179 Å². The smallest absolute Gasteiger partial charge is 0.306 e. The van der Waals surface area contributed by atoms with E-state index in [4.69, 9.17) is 14.2 Å². The van der Waals surface area contributed by atoms with Gasteiger partial charge < -0.3 is 14.2 Å². The lowest BCUT2D eigenvalue weighted by molar-refractivity contribution is -0.166. The van der Waals surface area contributed by atoms with Crippen LogP contribution in [0.2, 0.25) is 0 Å². The molecule has 0 saturated heterocycles. The molecule has 6 heteroatoms.